The first kappa shape index (κ1) is 15.7. The van der Waals surface area contributed by atoms with Crippen LogP contribution in [0.1, 0.15) is 38.7 Å². The maximum Gasteiger partial charge on any atom is 0.126 e. The molecule has 4 heteroatoms. The quantitative estimate of drug-likeness (QED) is 0.900. The Morgan fingerprint density at radius 1 is 1.40 bits per heavy atom. The summed E-state index contributed by atoms with van der Waals surface area (Å²) in [6.45, 7) is 6.55. The molecule has 2 atom stereocenters. The van der Waals surface area contributed by atoms with E-state index in [1.54, 1.807) is 12.1 Å². The average molecular weight is 299 g/mol. The van der Waals surface area contributed by atoms with Crippen molar-refractivity contribution in [2.24, 2.45) is 5.73 Å². The lowest BCUT2D eigenvalue weighted by atomic mass is 9.84. The fraction of sp³-hybridized carbons (Fsp3) is 0.625. The molecule has 0 bridgehead atoms. The van der Waals surface area contributed by atoms with E-state index in [2.05, 4.69) is 18.7 Å². The van der Waals surface area contributed by atoms with Gasteiger partial charge in [-0.1, -0.05) is 18.5 Å². The summed E-state index contributed by atoms with van der Waals surface area (Å²) in [5.74, 6) is -0.218. The number of benzene rings is 1. The van der Waals surface area contributed by atoms with Crippen molar-refractivity contribution in [1.29, 1.82) is 0 Å². The zero-order valence-corrected chi connectivity index (χ0v) is 13.1. The molecule has 20 heavy (non-hydrogen) atoms. The molecule has 0 saturated carbocycles. The van der Waals surface area contributed by atoms with E-state index in [-0.39, 0.29) is 17.4 Å². The summed E-state index contributed by atoms with van der Waals surface area (Å²) in [5, 5.41) is 0.563. The van der Waals surface area contributed by atoms with Gasteiger partial charge in [0.25, 0.3) is 0 Å². The maximum absolute atomic E-state index is 13.9. The van der Waals surface area contributed by atoms with Crippen molar-refractivity contribution in [3.8, 4) is 0 Å². The Hall–Kier alpha value is -0.640. The molecule has 112 valence electrons. The van der Waals surface area contributed by atoms with Crippen molar-refractivity contribution < 1.29 is 4.39 Å². The Morgan fingerprint density at radius 3 is 2.65 bits per heavy atom. The van der Waals surface area contributed by atoms with Crippen molar-refractivity contribution in [3.63, 3.8) is 0 Å². The van der Waals surface area contributed by atoms with Crippen LogP contribution >= 0.6 is 11.6 Å². The number of hydrogen-bond acceptors (Lipinski definition) is 2. The topological polar surface area (TPSA) is 29.3 Å². The minimum absolute atomic E-state index is 0.0781. The molecule has 1 fully saturated rings. The number of rotatable bonds is 5. The van der Waals surface area contributed by atoms with Gasteiger partial charge >= 0.3 is 0 Å². The van der Waals surface area contributed by atoms with E-state index in [9.17, 15) is 4.39 Å². The molecule has 0 amide bonds. The second-order valence-electron chi connectivity index (χ2n) is 5.95. The van der Waals surface area contributed by atoms with E-state index in [1.807, 2.05) is 0 Å². The molecule has 0 radical (unpaired) electrons. The summed E-state index contributed by atoms with van der Waals surface area (Å²) in [6.07, 6.45) is 3.95. The minimum Gasteiger partial charge on any atom is -0.326 e. The zero-order chi connectivity index (χ0) is 14.8. The van der Waals surface area contributed by atoms with Crippen molar-refractivity contribution in [2.45, 2.75) is 51.1 Å². The Kier molecular flexibility index (Phi) is 5.05. The molecule has 2 nitrogen and oxygen atoms in total. The third kappa shape index (κ3) is 3.16. The molecular weight excluding hydrogens is 275 g/mol. The van der Waals surface area contributed by atoms with Crippen molar-refractivity contribution in [2.75, 3.05) is 13.1 Å². The summed E-state index contributed by atoms with van der Waals surface area (Å²) in [7, 11) is 0. The number of nitrogens with zero attached hydrogens (tertiary/aromatic N) is 1. The second-order valence-corrected chi connectivity index (χ2v) is 6.39. The van der Waals surface area contributed by atoms with Crippen molar-refractivity contribution in [3.05, 3.63) is 34.6 Å². The summed E-state index contributed by atoms with van der Waals surface area (Å²) < 4.78 is 13.9. The van der Waals surface area contributed by atoms with E-state index in [0.717, 1.165) is 19.5 Å². The molecule has 1 aliphatic heterocycles. The second kappa shape index (κ2) is 6.42. The number of hydrogen-bond donors (Lipinski definition) is 1. The smallest absolute Gasteiger partial charge is 0.126 e. The largest absolute Gasteiger partial charge is 0.326 e. The van der Waals surface area contributed by atoms with Gasteiger partial charge in [0.05, 0.1) is 0 Å². The minimum atomic E-state index is -0.218. The summed E-state index contributed by atoms with van der Waals surface area (Å²) in [4.78, 5) is 2.46. The van der Waals surface area contributed by atoms with Gasteiger partial charge in [-0.2, -0.15) is 0 Å². The first-order valence-corrected chi connectivity index (χ1v) is 7.79. The fourth-order valence-corrected chi connectivity index (χ4v) is 3.30. The van der Waals surface area contributed by atoms with Gasteiger partial charge in [-0.3, -0.25) is 4.90 Å². The highest BCUT2D eigenvalue weighted by Crippen LogP contribution is 2.29. The standard InChI is InChI=1S/C16H24ClFN2/c1-3-16(2,20-8-4-5-9-20)15(19)11-12-10-13(17)6-7-14(12)18/h6-7,10,15H,3-5,8-9,11,19H2,1-2H3. The molecule has 1 aliphatic rings. The van der Waals surface area contributed by atoms with Gasteiger partial charge in [-0.25, -0.2) is 4.39 Å². The zero-order valence-electron chi connectivity index (χ0n) is 12.3. The number of nitrogens with two attached hydrogens (primary N) is 1. The van der Waals surface area contributed by atoms with Crippen LogP contribution in [-0.4, -0.2) is 29.6 Å². The lowest BCUT2D eigenvalue weighted by Crippen LogP contribution is -2.57. The van der Waals surface area contributed by atoms with Crippen LogP contribution in [0.3, 0.4) is 0 Å². The van der Waals surface area contributed by atoms with Gasteiger partial charge < -0.3 is 5.73 Å². The summed E-state index contributed by atoms with van der Waals surface area (Å²) >= 11 is 5.96. The summed E-state index contributed by atoms with van der Waals surface area (Å²) in [5.41, 5.74) is 6.98. The van der Waals surface area contributed by atoms with Crippen LogP contribution in [0, 0.1) is 5.82 Å². The Bertz CT molecular complexity index is 460. The molecule has 0 aromatic heterocycles. The third-order valence-electron chi connectivity index (χ3n) is 4.79. The third-order valence-corrected chi connectivity index (χ3v) is 5.03. The van der Waals surface area contributed by atoms with E-state index in [0.29, 0.717) is 17.0 Å². The number of likely N-dealkylation sites (tertiary alicyclic amines) is 1. The molecule has 2 unspecified atom stereocenters. The van der Waals surface area contributed by atoms with Crippen LogP contribution in [0.2, 0.25) is 5.02 Å². The van der Waals surface area contributed by atoms with Gasteiger partial charge in [0, 0.05) is 16.6 Å². The van der Waals surface area contributed by atoms with E-state index < -0.39 is 0 Å². The van der Waals surface area contributed by atoms with E-state index in [4.69, 9.17) is 17.3 Å². The van der Waals surface area contributed by atoms with Crippen molar-refractivity contribution in [1.82, 2.24) is 4.90 Å². The van der Waals surface area contributed by atoms with Crippen LogP contribution in [0.5, 0.6) is 0 Å². The highest BCUT2D eigenvalue weighted by atomic mass is 35.5. The first-order valence-electron chi connectivity index (χ1n) is 7.42. The molecule has 2 rings (SSSR count). The highest BCUT2D eigenvalue weighted by molar-refractivity contribution is 6.30. The SMILES string of the molecule is CCC(C)(C(N)Cc1cc(Cl)ccc1F)N1CCCC1. The van der Waals surface area contributed by atoms with Gasteiger partial charge in [-0.05, 0) is 69.5 Å². The monoisotopic (exact) mass is 298 g/mol. The Labute approximate surface area is 126 Å². The predicted octanol–water partition coefficient (Wildman–Crippen LogP) is 3.61. The number of halogens is 2. The lowest BCUT2D eigenvalue weighted by molar-refractivity contribution is 0.0995. The molecule has 2 N–H and O–H groups in total. The van der Waals surface area contributed by atoms with Gasteiger partial charge in [-0.15, -0.1) is 0 Å². The maximum atomic E-state index is 13.9. The van der Waals surface area contributed by atoms with E-state index >= 15 is 0 Å². The molecular formula is C16H24ClFN2. The lowest BCUT2D eigenvalue weighted by Gasteiger charge is -2.43. The van der Waals surface area contributed by atoms with Crippen LogP contribution in [0.25, 0.3) is 0 Å². The Balaban J connectivity index is 2.16. The first-order chi connectivity index (χ1) is 9.47. The van der Waals surface area contributed by atoms with Crippen molar-refractivity contribution >= 4 is 11.6 Å². The molecule has 1 heterocycles. The van der Waals surface area contributed by atoms with Crippen LogP contribution in [0.4, 0.5) is 4.39 Å². The molecule has 1 aromatic rings. The predicted molar refractivity (Wildman–Crippen MR) is 82.6 cm³/mol. The molecule has 1 saturated heterocycles. The highest BCUT2D eigenvalue weighted by Gasteiger charge is 2.37. The average Bonchev–Trinajstić information content (AvgIpc) is 2.96. The van der Waals surface area contributed by atoms with Gasteiger partial charge in [0.2, 0.25) is 0 Å². The molecule has 0 aliphatic carbocycles. The van der Waals surface area contributed by atoms with Crippen LogP contribution < -0.4 is 5.73 Å². The van der Waals surface area contributed by atoms with Crippen LogP contribution in [0.15, 0.2) is 18.2 Å². The normalized spacial score (nSPS) is 20.9. The summed E-state index contributed by atoms with van der Waals surface area (Å²) in [6, 6.07) is 4.59. The molecule has 0 spiro atoms. The Morgan fingerprint density at radius 2 is 2.05 bits per heavy atom. The fourth-order valence-electron chi connectivity index (χ4n) is 3.10. The van der Waals surface area contributed by atoms with Gasteiger partial charge in [0.1, 0.15) is 5.82 Å². The van der Waals surface area contributed by atoms with Gasteiger partial charge in [0.15, 0.2) is 0 Å². The van der Waals surface area contributed by atoms with Crippen LogP contribution in [-0.2, 0) is 6.42 Å². The molecule has 1 aromatic carbocycles. The van der Waals surface area contributed by atoms with E-state index in [1.165, 1.54) is 18.9 Å².